The quantitative estimate of drug-likeness (QED) is 0.568. The molecule has 3 atom stereocenters. The third-order valence-corrected chi connectivity index (χ3v) is 7.39. The molecule has 0 bridgehead atoms. The van der Waals surface area contributed by atoms with Gasteiger partial charge in [-0.1, -0.05) is 11.8 Å². The Bertz CT molecular complexity index is 980. The Balaban J connectivity index is 1.66. The molecule has 2 aliphatic heterocycles. The van der Waals surface area contributed by atoms with Crippen LogP contribution >= 0.6 is 23.5 Å². The lowest BCUT2D eigenvalue weighted by molar-refractivity contribution is -0.141. The largest absolute Gasteiger partial charge is 0.507 e. The number of aliphatic carboxylic acids is 1. The van der Waals surface area contributed by atoms with E-state index in [1.54, 1.807) is 62.5 Å². The molecule has 1 fully saturated rings. The zero-order valence-corrected chi connectivity index (χ0v) is 20.0. The Morgan fingerprint density at radius 3 is 2.75 bits per heavy atom. The van der Waals surface area contributed by atoms with E-state index in [0.717, 1.165) is 10.8 Å². The van der Waals surface area contributed by atoms with Crippen LogP contribution in [0.3, 0.4) is 0 Å². The first-order valence-electron chi connectivity index (χ1n) is 10.1. The third kappa shape index (κ3) is 6.12. The van der Waals surface area contributed by atoms with E-state index in [0.29, 0.717) is 16.9 Å². The van der Waals surface area contributed by atoms with Crippen molar-refractivity contribution in [3.05, 3.63) is 29.3 Å². The van der Waals surface area contributed by atoms with Gasteiger partial charge in [0.15, 0.2) is 0 Å². The highest BCUT2D eigenvalue weighted by Crippen LogP contribution is 2.37. The number of carbonyl (C=O) groups excluding carboxylic acids is 1. The zero-order chi connectivity index (χ0) is 23.5. The normalized spacial score (nSPS) is 23.2. The van der Waals surface area contributed by atoms with Gasteiger partial charge in [-0.15, -0.1) is 23.5 Å². The van der Waals surface area contributed by atoms with Gasteiger partial charge in [0, 0.05) is 22.6 Å². The second-order valence-electron chi connectivity index (χ2n) is 8.45. The third-order valence-electron chi connectivity index (χ3n) is 4.79. The SMILES string of the molecule is CN1C(C2CSC(c3cc(C#CCNC(=O)OC(C)(C)C)ccc3O)=N2)SC[C@H]1C(=O)O. The Morgan fingerprint density at radius 1 is 1.34 bits per heavy atom. The van der Waals surface area contributed by atoms with Gasteiger partial charge in [0.2, 0.25) is 0 Å². The number of carbonyl (C=O) groups is 2. The summed E-state index contributed by atoms with van der Waals surface area (Å²) in [5.74, 6) is 6.40. The summed E-state index contributed by atoms with van der Waals surface area (Å²) >= 11 is 3.15. The molecule has 3 N–H and O–H groups in total. The lowest BCUT2D eigenvalue weighted by Crippen LogP contribution is -2.42. The number of phenolic OH excluding ortho intramolecular Hbond substituents is 1. The first-order valence-corrected chi connectivity index (χ1v) is 12.1. The van der Waals surface area contributed by atoms with Gasteiger partial charge in [-0.3, -0.25) is 14.7 Å². The zero-order valence-electron chi connectivity index (χ0n) is 18.4. The van der Waals surface area contributed by atoms with Crippen LogP contribution in [0.5, 0.6) is 5.75 Å². The first-order chi connectivity index (χ1) is 15.0. The molecule has 2 heterocycles. The number of alkyl carbamates (subject to hydrolysis) is 1. The van der Waals surface area contributed by atoms with Crippen molar-refractivity contribution >= 4 is 40.6 Å². The molecule has 0 saturated carbocycles. The van der Waals surface area contributed by atoms with Crippen molar-refractivity contribution in [2.45, 2.75) is 43.8 Å². The smallest absolute Gasteiger partial charge is 0.408 e. The van der Waals surface area contributed by atoms with Gasteiger partial charge in [-0.2, -0.15) is 0 Å². The van der Waals surface area contributed by atoms with Gasteiger partial charge in [0.25, 0.3) is 0 Å². The molecule has 32 heavy (non-hydrogen) atoms. The monoisotopic (exact) mass is 477 g/mol. The fourth-order valence-electron chi connectivity index (χ4n) is 3.27. The maximum atomic E-state index is 11.7. The minimum absolute atomic E-state index is 0.00912. The Labute approximate surface area is 196 Å². The lowest BCUT2D eigenvalue weighted by Gasteiger charge is -2.24. The average molecular weight is 478 g/mol. The van der Waals surface area contributed by atoms with E-state index in [1.165, 1.54) is 0 Å². The van der Waals surface area contributed by atoms with Crippen molar-refractivity contribution in [2.75, 3.05) is 25.1 Å². The molecule has 2 unspecified atom stereocenters. The number of nitrogens with one attached hydrogen (secondary N) is 1. The standard InChI is InChI=1S/C22H27N3O5S2/c1-22(2,3)30-21(29)23-9-5-6-13-7-8-17(26)14(10-13)18-24-15(11-31-18)19-25(4)16(12-32-19)20(27)28/h7-8,10,15-16,19,26H,9,11-12H2,1-4H3,(H,23,29)(H,27,28)/t15?,16-,19?/m0/s1. The topological polar surface area (TPSA) is 111 Å². The molecule has 0 radical (unpaired) electrons. The number of hydrogen-bond acceptors (Lipinski definition) is 8. The van der Waals surface area contributed by atoms with Crippen molar-refractivity contribution in [1.29, 1.82) is 0 Å². The van der Waals surface area contributed by atoms with Crippen LogP contribution in [0, 0.1) is 11.8 Å². The number of carboxylic acid groups (broad SMARTS) is 1. The van der Waals surface area contributed by atoms with Gasteiger partial charge in [-0.25, -0.2) is 4.79 Å². The number of hydrogen-bond donors (Lipinski definition) is 3. The molecule has 0 spiro atoms. The summed E-state index contributed by atoms with van der Waals surface area (Å²) in [5, 5.41) is 23.0. The van der Waals surface area contributed by atoms with E-state index in [9.17, 15) is 19.8 Å². The Kier molecular flexibility index (Phi) is 7.64. The number of thioether (sulfide) groups is 2. The molecule has 2 aliphatic rings. The second-order valence-corrected chi connectivity index (χ2v) is 10.6. The first kappa shape index (κ1) is 24.3. The highest BCUT2D eigenvalue weighted by atomic mass is 32.2. The van der Waals surface area contributed by atoms with E-state index >= 15 is 0 Å². The van der Waals surface area contributed by atoms with Crippen molar-refractivity contribution in [3.63, 3.8) is 0 Å². The highest BCUT2D eigenvalue weighted by Gasteiger charge is 2.41. The molecule has 1 aromatic carbocycles. The molecule has 172 valence electrons. The van der Waals surface area contributed by atoms with Gasteiger partial charge in [-0.05, 0) is 46.0 Å². The van der Waals surface area contributed by atoms with Crippen molar-refractivity contribution in [1.82, 2.24) is 10.2 Å². The molecule has 3 rings (SSSR count). The summed E-state index contributed by atoms with van der Waals surface area (Å²) in [6.07, 6.45) is -0.527. The number of phenols is 1. The van der Waals surface area contributed by atoms with E-state index in [2.05, 4.69) is 17.2 Å². The molecule has 1 amide bonds. The van der Waals surface area contributed by atoms with Crippen LogP contribution in [-0.2, 0) is 9.53 Å². The molecule has 1 aromatic rings. The fraction of sp³-hybridized carbons (Fsp3) is 0.500. The van der Waals surface area contributed by atoms with Gasteiger partial charge < -0.3 is 20.3 Å². The summed E-state index contributed by atoms with van der Waals surface area (Å²) in [5.41, 5.74) is 0.722. The fourth-order valence-corrected chi connectivity index (χ4v) is 6.03. The van der Waals surface area contributed by atoms with Crippen molar-refractivity contribution < 1.29 is 24.5 Å². The predicted octanol–water partition coefficient (Wildman–Crippen LogP) is 2.59. The summed E-state index contributed by atoms with van der Waals surface area (Å²) in [7, 11) is 1.82. The lowest BCUT2D eigenvalue weighted by atomic mass is 10.1. The second kappa shape index (κ2) is 10.1. The summed E-state index contributed by atoms with van der Waals surface area (Å²) in [6, 6.07) is 4.50. The number of rotatable bonds is 4. The van der Waals surface area contributed by atoms with Crippen LogP contribution in [0.15, 0.2) is 23.2 Å². The van der Waals surface area contributed by atoms with Gasteiger partial charge in [0.05, 0.1) is 18.0 Å². The predicted molar refractivity (Wildman–Crippen MR) is 127 cm³/mol. The number of ether oxygens (including phenoxy) is 1. The summed E-state index contributed by atoms with van der Waals surface area (Å²) < 4.78 is 5.16. The number of carboxylic acids is 1. The summed E-state index contributed by atoms with van der Waals surface area (Å²) in [6.45, 7) is 5.51. The van der Waals surface area contributed by atoms with Crippen molar-refractivity contribution in [3.8, 4) is 17.6 Å². The van der Waals surface area contributed by atoms with Crippen molar-refractivity contribution in [2.24, 2.45) is 4.99 Å². The molecular formula is C22H27N3O5S2. The number of aromatic hydroxyl groups is 1. The average Bonchev–Trinajstić information content (AvgIpc) is 3.31. The number of amides is 1. The Hall–Kier alpha value is -2.35. The molecule has 8 nitrogen and oxygen atoms in total. The van der Waals surface area contributed by atoms with Crippen LogP contribution in [0.25, 0.3) is 0 Å². The van der Waals surface area contributed by atoms with E-state index in [4.69, 9.17) is 9.73 Å². The number of nitrogens with zero attached hydrogens (tertiary/aromatic N) is 2. The van der Waals surface area contributed by atoms with Crippen LogP contribution in [0.2, 0.25) is 0 Å². The summed E-state index contributed by atoms with van der Waals surface area (Å²) in [4.78, 5) is 29.7. The van der Waals surface area contributed by atoms with E-state index < -0.39 is 23.7 Å². The molecule has 0 aromatic heterocycles. The molecule has 1 saturated heterocycles. The minimum atomic E-state index is -0.817. The van der Waals surface area contributed by atoms with Gasteiger partial charge in [0.1, 0.15) is 22.4 Å². The van der Waals surface area contributed by atoms with Crippen LogP contribution in [0.1, 0.15) is 31.9 Å². The van der Waals surface area contributed by atoms with Crippen LogP contribution in [-0.4, -0.2) is 80.4 Å². The number of benzene rings is 1. The molecule has 10 heteroatoms. The minimum Gasteiger partial charge on any atom is -0.507 e. The highest BCUT2D eigenvalue weighted by molar-refractivity contribution is 8.14. The maximum absolute atomic E-state index is 11.7. The number of likely N-dealkylation sites (N-methyl/N-ethyl adjacent to an activating group) is 1. The number of aliphatic imine (C=N–C) groups is 1. The maximum Gasteiger partial charge on any atom is 0.408 e. The van der Waals surface area contributed by atoms with Crippen LogP contribution < -0.4 is 5.32 Å². The van der Waals surface area contributed by atoms with Gasteiger partial charge >= 0.3 is 12.1 Å². The molecule has 0 aliphatic carbocycles. The Morgan fingerprint density at radius 2 is 2.09 bits per heavy atom. The van der Waals surface area contributed by atoms with Crippen LogP contribution in [0.4, 0.5) is 4.79 Å². The molecular weight excluding hydrogens is 450 g/mol. The van der Waals surface area contributed by atoms with E-state index in [-0.39, 0.29) is 23.7 Å². The van der Waals surface area contributed by atoms with E-state index in [1.807, 2.05) is 11.9 Å².